The van der Waals surface area contributed by atoms with Gasteiger partial charge in [-0.1, -0.05) is 25.7 Å². The molecule has 11 nitrogen and oxygen atoms in total. The topological polar surface area (TPSA) is 179 Å². The first-order chi connectivity index (χ1) is 17.5. The summed E-state index contributed by atoms with van der Waals surface area (Å²) in [7, 11) is 1.91. The number of rotatable bonds is 21. The van der Waals surface area contributed by atoms with Gasteiger partial charge in [-0.2, -0.15) is 0 Å². The normalized spacial score (nSPS) is 18.1. The lowest BCUT2D eigenvalue weighted by molar-refractivity contribution is -0.150. The Balaban J connectivity index is 2.77. The molecule has 4 N–H and O–H groups in total. The number of carbonyl (C=O) groups is 5. The van der Waals surface area contributed by atoms with Gasteiger partial charge in [-0.05, 0) is 64.5 Å². The van der Waals surface area contributed by atoms with Gasteiger partial charge in [-0.15, -0.1) is 0 Å². The Hall–Kier alpha value is -2.69. The van der Waals surface area contributed by atoms with Crippen molar-refractivity contribution in [3.8, 4) is 0 Å². The molecule has 37 heavy (non-hydrogen) atoms. The van der Waals surface area contributed by atoms with Crippen LogP contribution in [-0.2, 0) is 28.7 Å². The number of nitrogens with zero attached hydrogens (tertiary/aromatic N) is 1. The number of likely N-dealkylation sites (tertiary alicyclic amines) is 1. The van der Waals surface area contributed by atoms with Crippen molar-refractivity contribution >= 4 is 29.8 Å². The lowest BCUT2D eigenvalue weighted by Gasteiger charge is -2.24. The molecular weight excluding hydrogens is 486 g/mol. The Morgan fingerprint density at radius 2 is 1.27 bits per heavy atom. The Kier molecular flexibility index (Phi) is 15.5. The molecule has 0 spiro atoms. The van der Waals surface area contributed by atoms with E-state index in [0.29, 0.717) is 64.3 Å². The highest BCUT2D eigenvalue weighted by molar-refractivity contribution is 5.73. The second-order valence-electron chi connectivity index (χ2n) is 10.3. The van der Waals surface area contributed by atoms with Crippen molar-refractivity contribution in [2.24, 2.45) is 23.7 Å². The largest absolute Gasteiger partial charge is 0.481 e. The zero-order valence-corrected chi connectivity index (χ0v) is 21.8. The second-order valence-corrected chi connectivity index (χ2v) is 10.3. The van der Waals surface area contributed by atoms with E-state index in [2.05, 4.69) is 0 Å². The molecule has 1 aliphatic heterocycles. The molecule has 3 unspecified atom stereocenters. The summed E-state index contributed by atoms with van der Waals surface area (Å²) in [6.45, 7) is 1.32. The molecule has 212 valence electrons. The Morgan fingerprint density at radius 1 is 0.784 bits per heavy atom. The summed E-state index contributed by atoms with van der Waals surface area (Å²) in [5, 5.41) is 37.0. The number of ether oxygens (including phenoxy) is 1. The van der Waals surface area contributed by atoms with Crippen LogP contribution in [-0.4, -0.2) is 81.9 Å². The van der Waals surface area contributed by atoms with Gasteiger partial charge in [0.25, 0.3) is 0 Å². The van der Waals surface area contributed by atoms with Crippen LogP contribution in [0.25, 0.3) is 0 Å². The van der Waals surface area contributed by atoms with E-state index in [1.807, 2.05) is 11.9 Å². The number of carboxylic acids is 4. The van der Waals surface area contributed by atoms with Crippen LogP contribution in [0.2, 0.25) is 0 Å². The average Bonchev–Trinajstić information content (AvgIpc) is 3.25. The lowest BCUT2D eigenvalue weighted by Crippen LogP contribution is -2.28. The highest BCUT2D eigenvalue weighted by Crippen LogP contribution is 2.28. The van der Waals surface area contributed by atoms with Crippen LogP contribution in [0.5, 0.6) is 0 Å². The summed E-state index contributed by atoms with van der Waals surface area (Å²) in [6.07, 6.45) is 4.89. The fourth-order valence-electron chi connectivity index (χ4n) is 4.85. The maximum Gasteiger partial charge on any atom is 0.310 e. The van der Waals surface area contributed by atoms with Crippen LogP contribution < -0.4 is 0 Å². The predicted molar refractivity (Wildman–Crippen MR) is 133 cm³/mol. The molecule has 0 saturated carbocycles. The highest BCUT2D eigenvalue weighted by atomic mass is 16.5. The zero-order valence-electron chi connectivity index (χ0n) is 21.8. The van der Waals surface area contributed by atoms with Crippen molar-refractivity contribution in [2.75, 3.05) is 26.7 Å². The Morgan fingerprint density at radius 3 is 1.65 bits per heavy atom. The average molecular weight is 530 g/mol. The van der Waals surface area contributed by atoms with E-state index in [-0.39, 0.29) is 44.2 Å². The summed E-state index contributed by atoms with van der Waals surface area (Å²) in [5.74, 6) is -6.37. The molecule has 0 aromatic rings. The van der Waals surface area contributed by atoms with Crippen molar-refractivity contribution in [1.82, 2.24) is 4.90 Å². The highest BCUT2D eigenvalue weighted by Gasteiger charge is 2.31. The first-order valence-electron chi connectivity index (χ1n) is 13.2. The van der Waals surface area contributed by atoms with Gasteiger partial charge >= 0.3 is 29.8 Å². The third-order valence-electron chi connectivity index (χ3n) is 7.01. The molecule has 1 fully saturated rings. The third-order valence-corrected chi connectivity index (χ3v) is 7.01. The van der Waals surface area contributed by atoms with E-state index >= 15 is 0 Å². The van der Waals surface area contributed by atoms with E-state index in [9.17, 15) is 34.2 Å². The quantitative estimate of drug-likeness (QED) is 0.126. The molecule has 0 radical (unpaired) electrons. The summed E-state index contributed by atoms with van der Waals surface area (Å²) in [4.78, 5) is 59.8. The summed E-state index contributed by atoms with van der Waals surface area (Å²) < 4.78 is 5.55. The van der Waals surface area contributed by atoms with Crippen LogP contribution in [0.1, 0.15) is 83.5 Å². The fraction of sp³-hybridized carbons (Fsp3) is 0.808. The smallest absolute Gasteiger partial charge is 0.310 e. The first-order valence-corrected chi connectivity index (χ1v) is 13.2. The molecule has 0 aliphatic carbocycles. The van der Waals surface area contributed by atoms with Gasteiger partial charge in [0.1, 0.15) is 0 Å². The number of hydrogen-bond acceptors (Lipinski definition) is 7. The van der Waals surface area contributed by atoms with Gasteiger partial charge in [0, 0.05) is 19.4 Å². The number of aliphatic carboxylic acids is 4. The minimum atomic E-state index is -1.01. The minimum absolute atomic E-state index is 0.0272. The maximum atomic E-state index is 12.6. The zero-order chi connectivity index (χ0) is 27.8. The molecule has 0 amide bonds. The number of esters is 1. The summed E-state index contributed by atoms with van der Waals surface area (Å²) in [6, 6.07) is 0. The van der Waals surface area contributed by atoms with Gasteiger partial charge in [-0.25, -0.2) is 0 Å². The monoisotopic (exact) mass is 529 g/mol. The molecule has 1 rings (SSSR count). The molecule has 0 aromatic heterocycles. The molecule has 3 atom stereocenters. The van der Waals surface area contributed by atoms with Crippen LogP contribution >= 0.6 is 0 Å². The van der Waals surface area contributed by atoms with Crippen LogP contribution in [0, 0.1) is 23.7 Å². The van der Waals surface area contributed by atoms with Crippen molar-refractivity contribution in [1.29, 1.82) is 0 Å². The van der Waals surface area contributed by atoms with Crippen LogP contribution in [0.3, 0.4) is 0 Å². The molecule has 1 heterocycles. The van der Waals surface area contributed by atoms with Gasteiger partial charge in [-0.3, -0.25) is 24.0 Å². The van der Waals surface area contributed by atoms with Gasteiger partial charge < -0.3 is 30.1 Å². The maximum absolute atomic E-state index is 12.6. The number of hydrogen-bond donors (Lipinski definition) is 4. The molecule has 11 heteroatoms. The van der Waals surface area contributed by atoms with E-state index in [1.165, 1.54) is 0 Å². The third kappa shape index (κ3) is 14.6. The van der Waals surface area contributed by atoms with Gasteiger partial charge in [0.15, 0.2) is 0 Å². The molecule has 0 aromatic carbocycles. The standard InChI is InChI=1S/C26H43NO10/c1-27-13-12-21(16-27)26(36)37-17-18(14-19(24(32)33)8-4-2-6-10-22(28)29)15-20(25(34)35)9-5-3-7-11-23(30)31/h18-21H,2-17H2,1H3,(H,28,29)(H,30,31)(H,32,33)(H,34,35). The van der Waals surface area contributed by atoms with Crippen molar-refractivity contribution in [3.05, 3.63) is 0 Å². The number of carbonyl (C=O) groups excluding carboxylic acids is 1. The first kappa shape index (κ1) is 32.3. The van der Waals surface area contributed by atoms with Gasteiger partial charge in [0.05, 0.1) is 24.4 Å². The molecule has 1 saturated heterocycles. The fourth-order valence-corrected chi connectivity index (χ4v) is 4.85. The van der Waals surface area contributed by atoms with Crippen LogP contribution in [0.4, 0.5) is 0 Å². The number of carboxylic acid groups (broad SMARTS) is 4. The molecular formula is C26H43NO10. The van der Waals surface area contributed by atoms with Crippen LogP contribution in [0.15, 0.2) is 0 Å². The van der Waals surface area contributed by atoms with Crippen molar-refractivity contribution in [2.45, 2.75) is 83.5 Å². The molecule has 0 bridgehead atoms. The predicted octanol–water partition coefficient (Wildman–Crippen LogP) is 3.35. The summed E-state index contributed by atoms with van der Waals surface area (Å²) in [5.41, 5.74) is 0. The Labute approximate surface area is 218 Å². The molecule has 1 aliphatic rings. The second kappa shape index (κ2) is 17.7. The minimum Gasteiger partial charge on any atom is -0.481 e. The van der Waals surface area contributed by atoms with Gasteiger partial charge in [0.2, 0.25) is 0 Å². The lowest BCUT2D eigenvalue weighted by atomic mass is 9.83. The van der Waals surface area contributed by atoms with E-state index < -0.39 is 41.6 Å². The summed E-state index contributed by atoms with van der Waals surface area (Å²) >= 11 is 0. The number of unbranched alkanes of at least 4 members (excludes halogenated alkanes) is 4. The van der Waals surface area contributed by atoms with Crippen molar-refractivity contribution in [3.63, 3.8) is 0 Å². The van der Waals surface area contributed by atoms with E-state index in [1.54, 1.807) is 0 Å². The van der Waals surface area contributed by atoms with E-state index in [0.717, 1.165) is 6.54 Å². The Bertz CT molecular complexity index is 712. The van der Waals surface area contributed by atoms with E-state index in [4.69, 9.17) is 14.9 Å². The SMILES string of the molecule is CN1CCC(C(=O)OCC(CC(CCCCCC(=O)O)C(=O)O)CC(CCCCCC(=O)O)C(=O)O)C1. The van der Waals surface area contributed by atoms with Crippen molar-refractivity contribution < 1.29 is 49.1 Å².